The Morgan fingerprint density at radius 2 is 1.56 bits per heavy atom. The maximum Gasteiger partial charge on any atom is 0.274 e. The highest BCUT2D eigenvalue weighted by Crippen LogP contribution is 2.26. The van der Waals surface area contributed by atoms with Gasteiger partial charge in [-0.2, -0.15) is 0 Å². The van der Waals surface area contributed by atoms with Crippen molar-refractivity contribution in [2.75, 3.05) is 10.6 Å². The Balaban J connectivity index is 1.67. The van der Waals surface area contributed by atoms with E-state index >= 15 is 0 Å². The average molecular weight is 376 g/mol. The topological polar surface area (TPSA) is 54.0 Å². The standard InChI is InChI=1S/C18H12Cl2FN3O/c19-15-7-5-13(9-16(15)20)23-14-6-8-17(22-10-14)18(25)24-12-3-1-11(21)2-4-12/h1-10,23H,(H,24,25). The number of pyridine rings is 1. The summed E-state index contributed by atoms with van der Waals surface area (Å²) in [6.45, 7) is 0. The Hall–Kier alpha value is -2.63. The first-order chi connectivity index (χ1) is 12.0. The fraction of sp³-hybridized carbons (Fsp3) is 0. The van der Waals surface area contributed by atoms with Crippen molar-refractivity contribution in [3.8, 4) is 0 Å². The van der Waals surface area contributed by atoms with E-state index in [0.717, 1.165) is 5.69 Å². The van der Waals surface area contributed by atoms with Gasteiger partial charge in [0.15, 0.2) is 0 Å². The lowest BCUT2D eigenvalue weighted by Gasteiger charge is -2.08. The smallest absolute Gasteiger partial charge is 0.274 e. The van der Waals surface area contributed by atoms with Crippen LogP contribution in [-0.2, 0) is 0 Å². The average Bonchev–Trinajstić information content (AvgIpc) is 2.61. The van der Waals surface area contributed by atoms with E-state index in [-0.39, 0.29) is 17.4 Å². The van der Waals surface area contributed by atoms with Gasteiger partial charge in [-0.15, -0.1) is 0 Å². The Kier molecular flexibility index (Phi) is 5.16. The molecular weight excluding hydrogens is 364 g/mol. The molecule has 2 aromatic carbocycles. The van der Waals surface area contributed by atoms with Crippen LogP contribution in [0.1, 0.15) is 10.5 Å². The molecule has 3 rings (SSSR count). The van der Waals surface area contributed by atoms with Gasteiger partial charge in [-0.25, -0.2) is 9.37 Å². The van der Waals surface area contributed by atoms with Crippen LogP contribution in [0.4, 0.5) is 21.5 Å². The first kappa shape index (κ1) is 17.2. The fourth-order valence-corrected chi connectivity index (χ4v) is 2.37. The summed E-state index contributed by atoms with van der Waals surface area (Å²) in [5.41, 5.74) is 2.17. The second-order valence-electron chi connectivity index (χ2n) is 5.15. The van der Waals surface area contributed by atoms with Crippen LogP contribution in [0.2, 0.25) is 10.0 Å². The molecule has 0 unspecified atom stereocenters. The van der Waals surface area contributed by atoms with Gasteiger partial charge in [0.25, 0.3) is 5.91 Å². The third kappa shape index (κ3) is 4.47. The van der Waals surface area contributed by atoms with E-state index in [1.807, 2.05) is 0 Å². The zero-order chi connectivity index (χ0) is 17.8. The van der Waals surface area contributed by atoms with Gasteiger partial charge >= 0.3 is 0 Å². The predicted molar refractivity (Wildman–Crippen MR) is 98.3 cm³/mol. The van der Waals surface area contributed by atoms with Crippen LogP contribution in [-0.4, -0.2) is 10.9 Å². The minimum Gasteiger partial charge on any atom is -0.354 e. The normalized spacial score (nSPS) is 10.4. The molecule has 126 valence electrons. The number of benzene rings is 2. The molecule has 0 atom stereocenters. The number of carbonyl (C=O) groups excluding carboxylic acids is 1. The molecule has 7 heteroatoms. The zero-order valence-electron chi connectivity index (χ0n) is 12.8. The maximum absolute atomic E-state index is 12.9. The number of hydrogen-bond acceptors (Lipinski definition) is 3. The Morgan fingerprint density at radius 1 is 0.880 bits per heavy atom. The summed E-state index contributed by atoms with van der Waals surface area (Å²) < 4.78 is 12.9. The van der Waals surface area contributed by atoms with E-state index < -0.39 is 0 Å². The summed E-state index contributed by atoms with van der Waals surface area (Å²) in [6, 6.07) is 14.0. The van der Waals surface area contributed by atoms with Crippen molar-refractivity contribution in [1.82, 2.24) is 4.98 Å². The molecular formula is C18H12Cl2FN3O. The van der Waals surface area contributed by atoms with Crippen molar-refractivity contribution in [3.63, 3.8) is 0 Å². The van der Waals surface area contributed by atoms with Crippen LogP contribution < -0.4 is 10.6 Å². The van der Waals surface area contributed by atoms with Gasteiger partial charge < -0.3 is 10.6 Å². The molecule has 0 aliphatic carbocycles. The molecule has 1 heterocycles. The third-order valence-electron chi connectivity index (χ3n) is 3.31. The van der Waals surface area contributed by atoms with Crippen molar-refractivity contribution in [2.45, 2.75) is 0 Å². The Morgan fingerprint density at radius 3 is 2.20 bits per heavy atom. The van der Waals surface area contributed by atoms with Crippen molar-refractivity contribution in [1.29, 1.82) is 0 Å². The van der Waals surface area contributed by atoms with Gasteiger partial charge in [-0.05, 0) is 54.6 Å². The first-order valence-corrected chi connectivity index (χ1v) is 8.02. The number of nitrogens with one attached hydrogen (secondary N) is 2. The highest BCUT2D eigenvalue weighted by Gasteiger charge is 2.08. The van der Waals surface area contributed by atoms with E-state index in [1.165, 1.54) is 30.5 Å². The number of nitrogens with zero attached hydrogens (tertiary/aromatic N) is 1. The van der Waals surface area contributed by atoms with E-state index in [9.17, 15) is 9.18 Å². The molecule has 4 nitrogen and oxygen atoms in total. The number of hydrogen-bond donors (Lipinski definition) is 2. The SMILES string of the molecule is O=C(Nc1ccc(F)cc1)c1ccc(Nc2ccc(Cl)c(Cl)c2)cn1. The lowest BCUT2D eigenvalue weighted by atomic mass is 10.2. The van der Waals surface area contributed by atoms with Crippen LogP contribution >= 0.6 is 23.2 Å². The molecule has 0 bridgehead atoms. The molecule has 3 aromatic rings. The van der Waals surface area contributed by atoms with Crippen LogP contribution in [0, 0.1) is 5.82 Å². The minimum absolute atomic E-state index is 0.240. The number of aromatic nitrogens is 1. The predicted octanol–water partition coefficient (Wildman–Crippen LogP) is 5.52. The second kappa shape index (κ2) is 7.51. The monoisotopic (exact) mass is 375 g/mol. The third-order valence-corrected chi connectivity index (χ3v) is 4.05. The number of carbonyl (C=O) groups is 1. The van der Waals surface area contributed by atoms with Gasteiger partial charge in [-0.3, -0.25) is 4.79 Å². The summed E-state index contributed by atoms with van der Waals surface area (Å²) in [6.07, 6.45) is 1.53. The van der Waals surface area contributed by atoms with Crippen molar-refractivity contribution < 1.29 is 9.18 Å². The fourth-order valence-electron chi connectivity index (χ4n) is 2.07. The van der Waals surface area contributed by atoms with Crippen LogP contribution in [0.15, 0.2) is 60.8 Å². The number of rotatable bonds is 4. The molecule has 0 saturated heterocycles. The number of anilines is 3. The summed E-state index contributed by atoms with van der Waals surface area (Å²) in [4.78, 5) is 16.3. The lowest BCUT2D eigenvalue weighted by Crippen LogP contribution is -2.13. The van der Waals surface area contributed by atoms with Gasteiger partial charge in [-0.1, -0.05) is 23.2 Å². The van der Waals surface area contributed by atoms with E-state index in [4.69, 9.17) is 23.2 Å². The molecule has 0 fully saturated rings. The lowest BCUT2D eigenvalue weighted by molar-refractivity contribution is 0.102. The Labute approximate surface area is 153 Å². The molecule has 0 spiro atoms. The summed E-state index contributed by atoms with van der Waals surface area (Å²) >= 11 is 11.8. The van der Waals surface area contributed by atoms with Crippen LogP contribution in [0.3, 0.4) is 0 Å². The van der Waals surface area contributed by atoms with Gasteiger partial charge in [0.2, 0.25) is 0 Å². The second-order valence-corrected chi connectivity index (χ2v) is 5.96. The van der Waals surface area contributed by atoms with Gasteiger partial charge in [0.1, 0.15) is 11.5 Å². The highest BCUT2D eigenvalue weighted by atomic mass is 35.5. The largest absolute Gasteiger partial charge is 0.354 e. The van der Waals surface area contributed by atoms with E-state index in [0.29, 0.717) is 21.4 Å². The number of halogens is 3. The zero-order valence-corrected chi connectivity index (χ0v) is 14.3. The van der Waals surface area contributed by atoms with Crippen LogP contribution in [0.5, 0.6) is 0 Å². The minimum atomic E-state index is -0.382. The van der Waals surface area contributed by atoms with Crippen molar-refractivity contribution in [2.24, 2.45) is 0 Å². The summed E-state index contributed by atoms with van der Waals surface area (Å²) in [5, 5.41) is 6.67. The van der Waals surface area contributed by atoms with E-state index in [1.54, 1.807) is 30.3 Å². The van der Waals surface area contributed by atoms with Gasteiger partial charge in [0, 0.05) is 11.4 Å². The molecule has 0 radical (unpaired) electrons. The molecule has 25 heavy (non-hydrogen) atoms. The van der Waals surface area contributed by atoms with Crippen LogP contribution in [0.25, 0.3) is 0 Å². The van der Waals surface area contributed by atoms with Gasteiger partial charge in [0.05, 0.1) is 21.9 Å². The molecule has 0 saturated carbocycles. The summed E-state index contributed by atoms with van der Waals surface area (Å²) in [5.74, 6) is -0.749. The van der Waals surface area contributed by atoms with E-state index in [2.05, 4.69) is 15.6 Å². The van der Waals surface area contributed by atoms with Crippen molar-refractivity contribution >= 4 is 46.2 Å². The summed E-state index contributed by atoms with van der Waals surface area (Å²) in [7, 11) is 0. The molecule has 0 aliphatic heterocycles. The first-order valence-electron chi connectivity index (χ1n) is 7.26. The highest BCUT2D eigenvalue weighted by molar-refractivity contribution is 6.42. The molecule has 1 aromatic heterocycles. The molecule has 1 amide bonds. The Bertz CT molecular complexity index is 899. The van der Waals surface area contributed by atoms with Crippen molar-refractivity contribution in [3.05, 3.63) is 82.4 Å². The maximum atomic E-state index is 12.9. The molecule has 0 aliphatic rings. The number of amides is 1. The molecule has 2 N–H and O–H groups in total. The quantitative estimate of drug-likeness (QED) is 0.630.